The highest BCUT2D eigenvalue weighted by Crippen LogP contribution is 2.16. The van der Waals surface area contributed by atoms with Gasteiger partial charge in [0, 0.05) is 44.4 Å². The van der Waals surface area contributed by atoms with Gasteiger partial charge in [-0.3, -0.25) is 38.6 Å². The molecule has 0 fully saturated rings. The van der Waals surface area contributed by atoms with Crippen LogP contribution in [0, 0.1) is 11.8 Å². The Morgan fingerprint density at radius 2 is 1.46 bits per heavy atom. The van der Waals surface area contributed by atoms with Gasteiger partial charge in [-0.2, -0.15) is 0 Å². The van der Waals surface area contributed by atoms with Crippen molar-refractivity contribution in [3.05, 3.63) is 42.0 Å². The average Bonchev–Trinajstić information content (AvgIpc) is 3.46. The number of urea groups is 1. The van der Waals surface area contributed by atoms with E-state index in [0.717, 1.165) is 4.90 Å². The Kier molecular flexibility index (Phi) is 19.2. The summed E-state index contributed by atoms with van der Waals surface area (Å²) in [6, 6.07) is 2.05. The zero-order valence-electron chi connectivity index (χ0n) is 32.9. The summed E-state index contributed by atoms with van der Waals surface area (Å²) < 4.78 is 5.44. The first-order valence-corrected chi connectivity index (χ1v) is 18.7. The number of anilines is 1. The fourth-order valence-electron chi connectivity index (χ4n) is 5.65. The SMILES string of the molecule is CC(C)C(C=O)NC(=O)C(C(C)C)N(C)C(=O)OCc1ccc(NC(=O)[C@H](CCCNC(N)=O)NC(=O)[C@H](C)NC(=O)CCCCCN2C(=O)C=CC2=O)cc1. The van der Waals surface area contributed by atoms with Gasteiger partial charge in [0.05, 0.1) is 6.04 Å². The Morgan fingerprint density at radius 3 is 2.04 bits per heavy atom. The molecule has 0 saturated carbocycles. The summed E-state index contributed by atoms with van der Waals surface area (Å²) in [5.74, 6) is -3.16. The van der Waals surface area contributed by atoms with E-state index in [1.807, 2.05) is 0 Å². The van der Waals surface area contributed by atoms with Gasteiger partial charge in [-0.05, 0) is 62.1 Å². The number of likely N-dealkylation sites (N-methyl/N-ethyl adjacent to an activating group) is 1. The first kappa shape index (κ1) is 46.3. The number of hydrogen-bond acceptors (Lipinski definition) is 10. The third-order valence-electron chi connectivity index (χ3n) is 8.92. The van der Waals surface area contributed by atoms with E-state index in [1.54, 1.807) is 52.0 Å². The van der Waals surface area contributed by atoms with Crippen molar-refractivity contribution in [3.63, 3.8) is 0 Å². The van der Waals surface area contributed by atoms with Crippen LogP contribution < -0.4 is 32.3 Å². The fourth-order valence-corrected chi connectivity index (χ4v) is 5.65. The van der Waals surface area contributed by atoms with E-state index >= 15 is 0 Å². The van der Waals surface area contributed by atoms with Gasteiger partial charge in [0.25, 0.3) is 11.8 Å². The molecule has 2 rings (SSSR count). The molecule has 56 heavy (non-hydrogen) atoms. The van der Waals surface area contributed by atoms with Crippen LogP contribution in [0.15, 0.2) is 36.4 Å². The number of amides is 9. The molecule has 1 aromatic rings. The lowest BCUT2D eigenvalue weighted by atomic mass is 10.00. The van der Waals surface area contributed by atoms with Gasteiger partial charge in [-0.25, -0.2) is 9.59 Å². The third kappa shape index (κ3) is 15.5. The maximum atomic E-state index is 13.3. The summed E-state index contributed by atoms with van der Waals surface area (Å²) in [4.78, 5) is 113. The van der Waals surface area contributed by atoms with Crippen LogP contribution in [0.5, 0.6) is 0 Å². The number of nitrogens with one attached hydrogen (secondary N) is 5. The Morgan fingerprint density at radius 1 is 0.821 bits per heavy atom. The molecule has 2 unspecified atom stereocenters. The molecule has 7 N–H and O–H groups in total. The molecule has 0 spiro atoms. The number of aldehydes is 1. The minimum Gasteiger partial charge on any atom is -0.445 e. The maximum absolute atomic E-state index is 13.3. The lowest BCUT2D eigenvalue weighted by molar-refractivity contribution is -0.137. The maximum Gasteiger partial charge on any atom is 0.410 e. The van der Waals surface area contributed by atoms with Gasteiger partial charge in [0.15, 0.2) is 0 Å². The van der Waals surface area contributed by atoms with Crippen molar-refractivity contribution < 1.29 is 47.9 Å². The van der Waals surface area contributed by atoms with Gasteiger partial charge in [0.1, 0.15) is 31.0 Å². The minimum absolute atomic E-state index is 0.114. The van der Waals surface area contributed by atoms with Crippen LogP contribution in [0.1, 0.15) is 78.7 Å². The van der Waals surface area contributed by atoms with Crippen LogP contribution >= 0.6 is 0 Å². The molecule has 9 amide bonds. The normalized spacial score (nSPS) is 14.4. The molecule has 4 atom stereocenters. The number of imide groups is 1. The predicted octanol–water partition coefficient (Wildman–Crippen LogP) is 1.48. The standard InChI is InChI=1S/C38H56N8O10/c1-23(2)29(21-47)44-36(53)33(24(3)4)45(6)38(55)56-22-26-13-15-27(16-14-26)42-35(52)28(11-10-19-40-37(39)54)43-34(51)25(5)41-30(48)12-8-7-9-20-46-31(49)17-18-32(46)50/h13-18,21,23-25,28-29,33H,7-12,19-20,22H2,1-6H3,(H,41,48)(H,42,52)(H,43,51)(H,44,53)(H3,39,40,54)/t25-,28-,29?,33?/m0/s1. The Bertz CT molecular complexity index is 1580. The number of carbonyl (C=O) groups is 9. The van der Waals surface area contributed by atoms with Crippen LogP contribution in [-0.2, 0) is 44.9 Å². The molecule has 1 heterocycles. The van der Waals surface area contributed by atoms with E-state index in [2.05, 4.69) is 26.6 Å². The molecule has 1 aromatic carbocycles. The lowest BCUT2D eigenvalue weighted by Gasteiger charge is -2.31. The monoisotopic (exact) mass is 784 g/mol. The molecule has 1 aliphatic rings. The molecule has 308 valence electrons. The second kappa shape index (κ2) is 23.2. The molecule has 0 bridgehead atoms. The number of ether oxygens (including phenoxy) is 1. The zero-order chi connectivity index (χ0) is 41.9. The molecule has 0 aromatic heterocycles. The quantitative estimate of drug-likeness (QED) is 0.0529. The van der Waals surface area contributed by atoms with Crippen molar-refractivity contribution in [3.8, 4) is 0 Å². The Labute approximate surface area is 327 Å². The summed E-state index contributed by atoms with van der Waals surface area (Å²) in [6.07, 6.45) is 4.45. The van der Waals surface area contributed by atoms with Crippen LogP contribution in [-0.4, -0.2) is 108 Å². The molecule has 0 aliphatic carbocycles. The minimum atomic E-state index is -1.05. The Balaban J connectivity index is 1.93. The molecule has 0 radical (unpaired) electrons. The largest absolute Gasteiger partial charge is 0.445 e. The second-order valence-corrected chi connectivity index (χ2v) is 14.2. The first-order valence-electron chi connectivity index (χ1n) is 18.7. The molecule has 1 aliphatic heterocycles. The fraction of sp³-hybridized carbons (Fsp3) is 0.553. The van der Waals surface area contributed by atoms with Crippen molar-refractivity contribution in [1.82, 2.24) is 31.1 Å². The summed E-state index contributed by atoms with van der Waals surface area (Å²) >= 11 is 0. The summed E-state index contributed by atoms with van der Waals surface area (Å²) in [5.41, 5.74) is 6.09. The number of carbonyl (C=O) groups excluding carboxylic acids is 9. The number of nitrogens with two attached hydrogens (primary N) is 1. The number of benzene rings is 1. The van der Waals surface area contributed by atoms with Gasteiger partial charge in [-0.15, -0.1) is 0 Å². The van der Waals surface area contributed by atoms with Crippen molar-refractivity contribution in [2.75, 3.05) is 25.5 Å². The van der Waals surface area contributed by atoms with Crippen LogP contribution in [0.25, 0.3) is 0 Å². The average molecular weight is 785 g/mol. The topological polar surface area (TPSA) is 256 Å². The van der Waals surface area contributed by atoms with E-state index in [4.69, 9.17) is 10.5 Å². The predicted molar refractivity (Wildman–Crippen MR) is 205 cm³/mol. The van der Waals surface area contributed by atoms with Crippen molar-refractivity contribution in [2.45, 2.75) is 104 Å². The van der Waals surface area contributed by atoms with Gasteiger partial charge in [0.2, 0.25) is 23.6 Å². The van der Waals surface area contributed by atoms with E-state index in [1.165, 1.54) is 31.0 Å². The summed E-state index contributed by atoms with van der Waals surface area (Å²) in [7, 11) is 1.44. The van der Waals surface area contributed by atoms with Crippen LogP contribution in [0.2, 0.25) is 0 Å². The highest BCUT2D eigenvalue weighted by molar-refractivity contribution is 6.12. The number of hydrogen-bond donors (Lipinski definition) is 6. The first-order chi connectivity index (χ1) is 26.4. The number of rotatable bonds is 23. The third-order valence-corrected chi connectivity index (χ3v) is 8.92. The smallest absolute Gasteiger partial charge is 0.410 e. The highest BCUT2D eigenvalue weighted by Gasteiger charge is 2.32. The summed E-state index contributed by atoms with van der Waals surface area (Å²) in [6.45, 7) is 8.89. The van der Waals surface area contributed by atoms with Gasteiger partial charge in [-0.1, -0.05) is 46.2 Å². The second-order valence-electron chi connectivity index (χ2n) is 14.2. The lowest BCUT2D eigenvalue weighted by Crippen LogP contribution is -2.54. The molecule has 18 heteroatoms. The summed E-state index contributed by atoms with van der Waals surface area (Å²) in [5, 5.41) is 13.1. The molecular formula is C38H56N8O10. The number of unbranched alkanes of at least 4 members (excludes halogenated alkanes) is 2. The molecule has 18 nitrogen and oxygen atoms in total. The van der Waals surface area contributed by atoms with E-state index < -0.39 is 54.0 Å². The van der Waals surface area contributed by atoms with Crippen molar-refractivity contribution in [2.24, 2.45) is 17.6 Å². The van der Waals surface area contributed by atoms with E-state index in [-0.39, 0.29) is 62.1 Å². The van der Waals surface area contributed by atoms with Crippen molar-refractivity contribution >= 4 is 59.5 Å². The zero-order valence-corrected chi connectivity index (χ0v) is 32.9. The number of primary amides is 1. The molecule has 0 saturated heterocycles. The van der Waals surface area contributed by atoms with Gasteiger partial charge < -0.3 is 41.8 Å². The van der Waals surface area contributed by atoms with Crippen molar-refractivity contribution in [1.29, 1.82) is 0 Å². The highest BCUT2D eigenvalue weighted by atomic mass is 16.6. The number of nitrogens with zero attached hydrogens (tertiary/aromatic N) is 2. The Hall–Kier alpha value is -5.81. The van der Waals surface area contributed by atoms with Gasteiger partial charge >= 0.3 is 12.1 Å². The van der Waals surface area contributed by atoms with Crippen LogP contribution in [0.3, 0.4) is 0 Å². The van der Waals surface area contributed by atoms with E-state index in [0.29, 0.717) is 43.2 Å². The molecular weight excluding hydrogens is 728 g/mol. The van der Waals surface area contributed by atoms with Crippen LogP contribution in [0.4, 0.5) is 15.3 Å². The van der Waals surface area contributed by atoms with E-state index in [9.17, 15) is 43.2 Å².